The van der Waals surface area contributed by atoms with Crippen molar-refractivity contribution in [1.29, 1.82) is 0 Å². The van der Waals surface area contributed by atoms with Crippen molar-refractivity contribution in [3.05, 3.63) is 54.5 Å². The van der Waals surface area contributed by atoms with E-state index in [9.17, 15) is 0 Å². The topological polar surface area (TPSA) is 49.2 Å². The molecule has 6 heteroatoms. The Morgan fingerprint density at radius 3 is 2.76 bits per heavy atom. The number of hydrogen-bond donors (Lipinski definition) is 0. The van der Waals surface area contributed by atoms with E-state index in [4.69, 9.17) is 9.47 Å². The highest BCUT2D eigenvalue weighted by molar-refractivity contribution is 7.98. The summed E-state index contributed by atoms with van der Waals surface area (Å²) in [4.78, 5) is 8.99. The fourth-order valence-electron chi connectivity index (χ4n) is 2.83. The molecule has 0 saturated heterocycles. The third kappa shape index (κ3) is 3.35. The summed E-state index contributed by atoms with van der Waals surface area (Å²) >= 11 is 1.70. The molecule has 1 aromatic carbocycles. The molecular weight excluding hydrogens is 334 g/mol. The van der Waals surface area contributed by atoms with Crippen LogP contribution in [0.25, 0.3) is 11.3 Å². The first-order chi connectivity index (χ1) is 12.3. The fourth-order valence-corrected chi connectivity index (χ4v) is 3.79. The zero-order valence-corrected chi connectivity index (χ0v) is 14.8. The number of benzene rings is 1. The second kappa shape index (κ2) is 7.19. The lowest BCUT2D eigenvalue weighted by Gasteiger charge is -2.19. The lowest BCUT2D eigenvalue weighted by molar-refractivity contribution is 0.171. The molecule has 3 heterocycles. The van der Waals surface area contributed by atoms with Gasteiger partial charge in [-0.1, -0.05) is 17.8 Å². The summed E-state index contributed by atoms with van der Waals surface area (Å²) in [6, 6.07) is 12.0. The van der Waals surface area contributed by atoms with Gasteiger partial charge in [-0.2, -0.15) is 0 Å². The minimum Gasteiger partial charge on any atom is -0.486 e. The van der Waals surface area contributed by atoms with Crippen molar-refractivity contribution in [3.8, 4) is 22.8 Å². The first kappa shape index (κ1) is 16.0. The molecule has 0 N–H and O–H groups in total. The second-order valence-electron chi connectivity index (χ2n) is 5.64. The smallest absolute Gasteiger partial charge is 0.168 e. The predicted octanol–water partition coefficient (Wildman–Crippen LogP) is 4.03. The molecule has 0 spiro atoms. The average Bonchev–Trinajstić information content (AvgIpc) is 3.09. The Morgan fingerprint density at radius 2 is 1.96 bits per heavy atom. The van der Waals surface area contributed by atoms with E-state index in [0.29, 0.717) is 13.2 Å². The molecule has 2 aromatic heterocycles. The van der Waals surface area contributed by atoms with Crippen molar-refractivity contribution >= 4 is 11.8 Å². The van der Waals surface area contributed by atoms with E-state index in [1.807, 2.05) is 42.7 Å². The summed E-state index contributed by atoms with van der Waals surface area (Å²) in [6.07, 6.45) is 3.75. The van der Waals surface area contributed by atoms with Crippen LogP contribution in [0.3, 0.4) is 0 Å². The largest absolute Gasteiger partial charge is 0.486 e. The van der Waals surface area contributed by atoms with E-state index in [1.54, 1.807) is 11.8 Å². The van der Waals surface area contributed by atoms with Gasteiger partial charge in [0.25, 0.3) is 0 Å². The van der Waals surface area contributed by atoms with Gasteiger partial charge in [0.2, 0.25) is 0 Å². The van der Waals surface area contributed by atoms with E-state index >= 15 is 0 Å². The van der Waals surface area contributed by atoms with Gasteiger partial charge in [-0.15, -0.1) is 0 Å². The van der Waals surface area contributed by atoms with Crippen LogP contribution in [-0.4, -0.2) is 27.7 Å². The molecule has 0 radical (unpaired) electrons. The summed E-state index contributed by atoms with van der Waals surface area (Å²) in [7, 11) is 0. The molecule has 0 fully saturated rings. The van der Waals surface area contributed by atoms with Gasteiger partial charge >= 0.3 is 0 Å². The molecule has 0 unspecified atom stereocenters. The zero-order valence-electron chi connectivity index (χ0n) is 14.0. The second-order valence-corrected chi connectivity index (χ2v) is 6.58. The minimum atomic E-state index is 0.592. The molecule has 3 aromatic rings. The maximum Gasteiger partial charge on any atom is 0.168 e. The molecule has 0 aliphatic carbocycles. The van der Waals surface area contributed by atoms with Crippen LogP contribution in [0, 0.1) is 0 Å². The highest BCUT2D eigenvalue weighted by Gasteiger charge is 2.16. The number of thioether (sulfide) groups is 1. The van der Waals surface area contributed by atoms with Gasteiger partial charge in [0.05, 0.1) is 17.6 Å². The maximum atomic E-state index is 5.70. The number of fused-ring (bicyclic) bond motifs is 1. The van der Waals surface area contributed by atoms with Crippen molar-refractivity contribution in [2.75, 3.05) is 13.2 Å². The Labute approximate surface area is 151 Å². The van der Waals surface area contributed by atoms with E-state index in [-0.39, 0.29) is 0 Å². The molecule has 1 aliphatic rings. The highest BCUT2D eigenvalue weighted by Crippen LogP contribution is 2.35. The monoisotopic (exact) mass is 353 g/mol. The summed E-state index contributed by atoms with van der Waals surface area (Å²) in [5.74, 6) is 2.41. The van der Waals surface area contributed by atoms with Crippen molar-refractivity contribution in [2.24, 2.45) is 0 Å². The molecule has 5 nitrogen and oxygen atoms in total. The first-order valence-corrected chi connectivity index (χ1v) is 9.32. The Balaban J connectivity index is 1.59. The average molecular weight is 353 g/mol. The SMILES string of the molecule is CCn1c(-c2ccc3c(c2)OCCO3)cnc1SCc1ccccn1. The number of rotatable bonds is 5. The molecule has 0 saturated carbocycles. The maximum absolute atomic E-state index is 5.70. The predicted molar refractivity (Wildman–Crippen MR) is 98.1 cm³/mol. The quantitative estimate of drug-likeness (QED) is 0.648. The Bertz CT molecular complexity index is 864. The molecule has 1 aliphatic heterocycles. The summed E-state index contributed by atoms with van der Waals surface area (Å²) in [5.41, 5.74) is 3.23. The summed E-state index contributed by atoms with van der Waals surface area (Å²) in [6.45, 7) is 4.19. The van der Waals surface area contributed by atoms with Crippen LogP contribution in [0.2, 0.25) is 0 Å². The van der Waals surface area contributed by atoms with Crippen LogP contribution in [0.4, 0.5) is 0 Å². The van der Waals surface area contributed by atoms with Gasteiger partial charge in [0.15, 0.2) is 16.7 Å². The summed E-state index contributed by atoms with van der Waals surface area (Å²) in [5, 5.41) is 0.998. The van der Waals surface area contributed by atoms with Crippen molar-refractivity contribution in [1.82, 2.24) is 14.5 Å². The van der Waals surface area contributed by atoms with E-state index in [2.05, 4.69) is 27.5 Å². The summed E-state index contributed by atoms with van der Waals surface area (Å²) < 4.78 is 13.5. The molecule has 0 atom stereocenters. The van der Waals surface area contributed by atoms with Gasteiger partial charge in [0.1, 0.15) is 13.2 Å². The number of aromatic nitrogens is 3. The van der Waals surface area contributed by atoms with Crippen molar-refractivity contribution in [2.45, 2.75) is 24.4 Å². The lowest BCUT2D eigenvalue weighted by Crippen LogP contribution is -2.15. The van der Waals surface area contributed by atoms with Gasteiger partial charge < -0.3 is 14.0 Å². The normalized spacial score (nSPS) is 13.0. The van der Waals surface area contributed by atoms with Gasteiger partial charge in [-0.3, -0.25) is 4.98 Å². The lowest BCUT2D eigenvalue weighted by atomic mass is 10.1. The van der Waals surface area contributed by atoms with E-state index in [1.165, 1.54) is 0 Å². The minimum absolute atomic E-state index is 0.592. The molecular formula is C19H19N3O2S. The molecule has 0 amide bonds. The Morgan fingerprint density at radius 1 is 1.08 bits per heavy atom. The Hall–Kier alpha value is -2.47. The fraction of sp³-hybridized carbons (Fsp3) is 0.263. The van der Waals surface area contributed by atoms with Gasteiger partial charge in [-0.05, 0) is 37.3 Å². The zero-order chi connectivity index (χ0) is 17.1. The van der Waals surface area contributed by atoms with Crippen LogP contribution in [0.1, 0.15) is 12.6 Å². The standard InChI is InChI=1S/C19H19N3O2S/c1-2-22-16(14-6-7-17-18(11-14)24-10-9-23-17)12-21-19(22)25-13-15-5-3-4-8-20-15/h3-8,11-12H,2,9-10,13H2,1H3. The van der Waals surface area contributed by atoms with Crippen LogP contribution >= 0.6 is 11.8 Å². The first-order valence-electron chi connectivity index (χ1n) is 8.33. The number of pyridine rings is 1. The molecule has 4 rings (SSSR count). The van der Waals surface area contributed by atoms with Crippen LogP contribution in [0.5, 0.6) is 11.5 Å². The van der Waals surface area contributed by atoms with Crippen LogP contribution < -0.4 is 9.47 Å². The van der Waals surface area contributed by atoms with Crippen LogP contribution in [0.15, 0.2) is 53.9 Å². The highest BCUT2D eigenvalue weighted by atomic mass is 32.2. The van der Waals surface area contributed by atoms with Crippen LogP contribution in [-0.2, 0) is 12.3 Å². The molecule has 25 heavy (non-hydrogen) atoms. The Kier molecular flexibility index (Phi) is 4.61. The van der Waals surface area contributed by atoms with Gasteiger partial charge in [-0.25, -0.2) is 4.98 Å². The third-order valence-corrected chi connectivity index (χ3v) is 5.07. The van der Waals surface area contributed by atoms with E-state index in [0.717, 1.165) is 45.9 Å². The van der Waals surface area contributed by atoms with Gasteiger partial charge in [0, 0.05) is 24.1 Å². The number of hydrogen-bond acceptors (Lipinski definition) is 5. The number of ether oxygens (including phenoxy) is 2. The van der Waals surface area contributed by atoms with Crippen molar-refractivity contribution in [3.63, 3.8) is 0 Å². The number of nitrogens with zero attached hydrogens (tertiary/aromatic N) is 3. The van der Waals surface area contributed by atoms with E-state index < -0.39 is 0 Å². The number of imidazole rings is 1. The third-order valence-electron chi connectivity index (χ3n) is 4.05. The molecule has 0 bridgehead atoms. The van der Waals surface area contributed by atoms with Crippen molar-refractivity contribution < 1.29 is 9.47 Å². The molecule has 128 valence electrons.